The van der Waals surface area contributed by atoms with E-state index in [4.69, 9.17) is 16.3 Å². The maximum atomic E-state index is 14.3. The Hall–Kier alpha value is -4.21. The third-order valence-electron chi connectivity index (χ3n) is 7.23. The number of rotatable bonds is 7. The number of thiophene rings is 1. The van der Waals surface area contributed by atoms with Gasteiger partial charge in [-0.15, -0.1) is 11.3 Å². The van der Waals surface area contributed by atoms with Crippen LogP contribution in [0.2, 0.25) is 4.34 Å². The molecule has 0 saturated carbocycles. The Morgan fingerprint density at radius 2 is 1.71 bits per heavy atom. The quantitative estimate of drug-likeness (QED) is 0.222. The highest BCUT2D eigenvalue weighted by molar-refractivity contribution is 7.18. The van der Waals surface area contributed by atoms with Crippen molar-refractivity contribution >= 4 is 46.4 Å². The van der Waals surface area contributed by atoms with Gasteiger partial charge < -0.3 is 20.1 Å². The summed E-state index contributed by atoms with van der Waals surface area (Å²) in [7, 11) is 1.49. The average Bonchev–Trinajstić information content (AvgIpc) is 3.55. The Labute approximate surface area is 245 Å². The van der Waals surface area contributed by atoms with Gasteiger partial charge in [-0.1, -0.05) is 48.0 Å². The third-order valence-corrected chi connectivity index (χ3v) is 8.48. The lowest BCUT2D eigenvalue weighted by molar-refractivity contribution is -0.142. The van der Waals surface area contributed by atoms with E-state index in [1.54, 1.807) is 54.6 Å². The number of carboxylic acid groups (broad SMARTS) is 1. The standard InChI is InChI=1S/C31H26ClFN2O5S/c1-17-5-3-7-21(15-17)34-31(39)35-27(18-9-11-20(33)12-10-18)26(29(36)23-13-14-24(32)41-23)25(28(35)30(37)38)19-6-4-8-22(16-19)40-2/h3-16,25-28H,1-2H3,(H,34,39)(H,37,38). The van der Waals surface area contributed by atoms with Gasteiger partial charge in [0, 0.05) is 11.6 Å². The number of carbonyl (C=O) groups excluding carboxylic acids is 2. The first-order valence-corrected chi connectivity index (χ1v) is 13.9. The lowest BCUT2D eigenvalue weighted by Gasteiger charge is -2.30. The number of amides is 2. The van der Waals surface area contributed by atoms with Gasteiger partial charge >= 0.3 is 12.0 Å². The number of methoxy groups -OCH3 is 1. The molecular weight excluding hydrogens is 567 g/mol. The summed E-state index contributed by atoms with van der Waals surface area (Å²) in [5.74, 6) is -3.72. The van der Waals surface area contributed by atoms with Crippen LogP contribution >= 0.6 is 22.9 Å². The molecular formula is C31H26ClFN2O5S. The average molecular weight is 593 g/mol. The number of likely N-dealkylation sites (tertiary alicyclic amines) is 1. The van der Waals surface area contributed by atoms with Crippen molar-refractivity contribution in [2.45, 2.75) is 24.9 Å². The Morgan fingerprint density at radius 3 is 2.34 bits per heavy atom. The number of carbonyl (C=O) groups is 3. The fraction of sp³-hybridized carbons (Fsp3) is 0.194. The van der Waals surface area contributed by atoms with Gasteiger partial charge in [-0.05, 0) is 72.1 Å². The summed E-state index contributed by atoms with van der Waals surface area (Å²) in [6, 6.07) is 19.3. The molecule has 1 aliphatic rings. The lowest BCUT2D eigenvalue weighted by atomic mass is 9.77. The molecule has 1 aromatic heterocycles. The molecule has 41 heavy (non-hydrogen) atoms. The first-order chi connectivity index (χ1) is 19.7. The largest absolute Gasteiger partial charge is 0.497 e. The fourth-order valence-corrected chi connectivity index (χ4v) is 6.56. The van der Waals surface area contributed by atoms with Crippen LogP contribution in [0.3, 0.4) is 0 Å². The monoisotopic (exact) mass is 592 g/mol. The van der Waals surface area contributed by atoms with Crippen LogP contribution in [0.4, 0.5) is 14.9 Å². The number of Topliss-reactive ketones (excluding diaryl/α,β-unsaturated/α-hetero) is 1. The molecule has 5 rings (SSSR count). The van der Waals surface area contributed by atoms with Crippen molar-refractivity contribution in [3.05, 3.63) is 117 Å². The number of aryl methyl sites for hydroxylation is 1. The van der Waals surface area contributed by atoms with Crippen LogP contribution in [-0.4, -0.2) is 40.9 Å². The number of nitrogens with one attached hydrogen (secondary N) is 1. The number of ether oxygens (including phenoxy) is 1. The van der Waals surface area contributed by atoms with Crippen LogP contribution in [0.5, 0.6) is 5.75 Å². The van der Waals surface area contributed by atoms with E-state index in [1.807, 2.05) is 13.0 Å². The van der Waals surface area contributed by atoms with Gasteiger partial charge in [-0.25, -0.2) is 14.0 Å². The number of carboxylic acids is 1. The zero-order chi connectivity index (χ0) is 29.3. The van der Waals surface area contributed by atoms with Crippen molar-refractivity contribution < 1.29 is 28.6 Å². The summed E-state index contributed by atoms with van der Waals surface area (Å²) in [4.78, 5) is 42.9. The Kier molecular flexibility index (Phi) is 8.10. The Balaban J connectivity index is 1.73. The zero-order valence-corrected chi connectivity index (χ0v) is 23.7. The molecule has 4 aromatic rings. The van der Waals surface area contributed by atoms with Crippen LogP contribution in [0.1, 0.15) is 38.3 Å². The van der Waals surface area contributed by atoms with Gasteiger partial charge in [0.15, 0.2) is 5.78 Å². The van der Waals surface area contributed by atoms with E-state index in [-0.39, 0.29) is 5.78 Å². The van der Waals surface area contributed by atoms with E-state index in [2.05, 4.69) is 5.32 Å². The molecule has 10 heteroatoms. The van der Waals surface area contributed by atoms with E-state index in [0.717, 1.165) is 16.9 Å². The van der Waals surface area contributed by atoms with E-state index in [0.29, 0.717) is 31.8 Å². The van der Waals surface area contributed by atoms with E-state index in [1.165, 1.54) is 36.3 Å². The molecule has 210 valence electrons. The van der Waals surface area contributed by atoms with E-state index in [9.17, 15) is 23.9 Å². The molecule has 2 amide bonds. The minimum Gasteiger partial charge on any atom is -0.497 e. The predicted molar refractivity (Wildman–Crippen MR) is 155 cm³/mol. The molecule has 2 N–H and O–H groups in total. The van der Waals surface area contributed by atoms with E-state index < -0.39 is 41.7 Å². The molecule has 2 heterocycles. The summed E-state index contributed by atoms with van der Waals surface area (Å²) >= 11 is 7.25. The SMILES string of the molecule is COc1cccc(C2C(C(=O)c3ccc(Cl)s3)C(c3ccc(F)cc3)N(C(=O)Nc3cccc(C)c3)C2C(=O)O)c1. The number of anilines is 1. The Bertz CT molecular complexity index is 1610. The van der Waals surface area contributed by atoms with Crippen molar-refractivity contribution in [1.29, 1.82) is 0 Å². The van der Waals surface area contributed by atoms with Crippen LogP contribution in [0.25, 0.3) is 0 Å². The first-order valence-electron chi connectivity index (χ1n) is 12.8. The van der Waals surface area contributed by atoms with Gasteiger partial charge in [0.2, 0.25) is 0 Å². The molecule has 1 saturated heterocycles. The molecule has 0 bridgehead atoms. The summed E-state index contributed by atoms with van der Waals surface area (Å²) in [5.41, 5.74) is 2.29. The van der Waals surface area contributed by atoms with Crippen molar-refractivity contribution in [3.8, 4) is 5.75 Å². The summed E-state index contributed by atoms with van der Waals surface area (Å²) in [5, 5.41) is 13.5. The summed E-state index contributed by atoms with van der Waals surface area (Å²) in [6.45, 7) is 1.87. The second kappa shape index (κ2) is 11.7. The zero-order valence-electron chi connectivity index (χ0n) is 22.1. The number of benzene rings is 3. The number of hydrogen-bond donors (Lipinski definition) is 2. The number of halogens is 2. The van der Waals surface area contributed by atoms with Crippen molar-refractivity contribution in [2.75, 3.05) is 12.4 Å². The molecule has 0 radical (unpaired) electrons. The lowest BCUT2D eigenvalue weighted by Crippen LogP contribution is -2.45. The number of hydrogen-bond acceptors (Lipinski definition) is 5. The number of urea groups is 1. The maximum absolute atomic E-state index is 14.3. The number of aliphatic carboxylic acids is 1. The minimum atomic E-state index is -1.45. The van der Waals surface area contributed by atoms with Crippen LogP contribution in [0.15, 0.2) is 84.9 Å². The minimum absolute atomic E-state index is 0.324. The molecule has 0 aliphatic carbocycles. The molecule has 4 atom stereocenters. The number of ketones is 1. The molecule has 3 aromatic carbocycles. The highest BCUT2D eigenvalue weighted by Gasteiger charge is 2.58. The van der Waals surface area contributed by atoms with Gasteiger partial charge in [0.25, 0.3) is 0 Å². The van der Waals surface area contributed by atoms with E-state index >= 15 is 0 Å². The fourth-order valence-electron chi connectivity index (χ4n) is 5.53. The molecule has 1 fully saturated rings. The molecule has 7 nitrogen and oxygen atoms in total. The third kappa shape index (κ3) is 5.68. The van der Waals surface area contributed by atoms with Crippen molar-refractivity contribution in [1.82, 2.24) is 4.90 Å². The van der Waals surface area contributed by atoms with Gasteiger partial charge in [0.05, 0.1) is 28.3 Å². The summed E-state index contributed by atoms with van der Waals surface area (Å²) < 4.78 is 19.8. The van der Waals surface area contributed by atoms with Crippen molar-refractivity contribution in [3.63, 3.8) is 0 Å². The molecule has 1 aliphatic heterocycles. The first kappa shape index (κ1) is 28.3. The van der Waals surface area contributed by atoms with Gasteiger partial charge in [0.1, 0.15) is 17.6 Å². The van der Waals surface area contributed by atoms with Gasteiger partial charge in [-0.2, -0.15) is 0 Å². The topological polar surface area (TPSA) is 95.9 Å². The normalized spacial score (nSPS) is 20.0. The maximum Gasteiger partial charge on any atom is 0.327 e. The van der Waals surface area contributed by atoms with Crippen LogP contribution in [0, 0.1) is 18.7 Å². The molecule has 0 spiro atoms. The highest BCUT2D eigenvalue weighted by Crippen LogP contribution is 2.52. The van der Waals surface area contributed by atoms with Crippen LogP contribution in [-0.2, 0) is 4.79 Å². The smallest absolute Gasteiger partial charge is 0.327 e. The summed E-state index contributed by atoms with van der Waals surface area (Å²) in [6.07, 6.45) is 0. The van der Waals surface area contributed by atoms with Crippen molar-refractivity contribution in [2.24, 2.45) is 5.92 Å². The van der Waals surface area contributed by atoms with Gasteiger partial charge in [-0.3, -0.25) is 4.79 Å². The predicted octanol–water partition coefficient (Wildman–Crippen LogP) is 7.18. The Morgan fingerprint density at radius 1 is 0.976 bits per heavy atom. The number of nitrogens with zero attached hydrogens (tertiary/aromatic N) is 1. The second-order valence-electron chi connectivity index (χ2n) is 9.78. The second-order valence-corrected chi connectivity index (χ2v) is 11.5. The highest BCUT2D eigenvalue weighted by atomic mass is 35.5. The molecule has 4 unspecified atom stereocenters. The van der Waals surface area contributed by atoms with Crippen LogP contribution < -0.4 is 10.1 Å².